The van der Waals surface area contributed by atoms with Crippen LogP contribution in [-0.2, 0) is 6.42 Å². The van der Waals surface area contributed by atoms with E-state index in [9.17, 15) is 5.11 Å². The van der Waals surface area contributed by atoms with Crippen molar-refractivity contribution in [3.05, 3.63) is 36.3 Å². The van der Waals surface area contributed by atoms with E-state index in [0.717, 1.165) is 25.7 Å². The lowest BCUT2D eigenvalue weighted by atomic mass is 9.45. The van der Waals surface area contributed by atoms with Gasteiger partial charge in [-0.1, -0.05) is 32.9 Å². The van der Waals surface area contributed by atoms with Gasteiger partial charge in [0.2, 0.25) is 0 Å². The minimum Gasteiger partial charge on any atom is -0.472 e. The summed E-state index contributed by atoms with van der Waals surface area (Å²) in [7, 11) is 0. The van der Waals surface area contributed by atoms with Crippen molar-refractivity contribution in [3.63, 3.8) is 0 Å². The van der Waals surface area contributed by atoms with Crippen LogP contribution in [0.4, 0.5) is 0 Å². The van der Waals surface area contributed by atoms with Crippen LogP contribution in [0.3, 0.4) is 0 Å². The molecule has 2 saturated carbocycles. The lowest BCUT2D eigenvalue weighted by molar-refractivity contribution is -0.129. The number of aliphatic hydroxyl groups excluding tert-OH is 1. The zero-order valence-electron chi connectivity index (χ0n) is 14.3. The Balaban J connectivity index is 1.89. The van der Waals surface area contributed by atoms with Crippen molar-refractivity contribution >= 4 is 0 Å². The highest BCUT2D eigenvalue weighted by Crippen LogP contribution is 2.62. The highest BCUT2D eigenvalue weighted by Gasteiger charge is 2.57. The SMILES string of the molecule is C=C1CCC[C@@H]2[C@@](C)(CCc3ccoc3)[C@H](C)C[C@H](O)[C@@]12C. The van der Waals surface area contributed by atoms with Crippen LogP contribution in [0.15, 0.2) is 35.2 Å². The van der Waals surface area contributed by atoms with E-state index in [-0.39, 0.29) is 16.9 Å². The van der Waals surface area contributed by atoms with Crippen molar-refractivity contribution in [2.24, 2.45) is 22.7 Å². The molecule has 122 valence electrons. The molecule has 0 radical (unpaired) electrons. The van der Waals surface area contributed by atoms with Gasteiger partial charge in [0.05, 0.1) is 18.6 Å². The van der Waals surface area contributed by atoms with Gasteiger partial charge in [-0.15, -0.1) is 0 Å². The second-order valence-corrected chi connectivity index (χ2v) is 8.12. The Morgan fingerprint density at radius 1 is 1.41 bits per heavy atom. The topological polar surface area (TPSA) is 33.4 Å². The lowest BCUT2D eigenvalue weighted by Gasteiger charge is -2.60. The third-order valence-corrected chi connectivity index (χ3v) is 7.18. The first-order valence-electron chi connectivity index (χ1n) is 8.76. The van der Waals surface area contributed by atoms with Crippen LogP contribution in [0.5, 0.6) is 0 Å². The molecule has 1 aromatic heterocycles. The highest BCUT2D eigenvalue weighted by atomic mass is 16.3. The van der Waals surface area contributed by atoms with Crippen molar-refractivity contribution in [2.45, 2.75) is 65.4 Å². The van der Waals surface area contributed by atoms with Gasteiger partial charge >= 0.3 is 0 Å². The van der Waals surface area contributed by atoms with E-state index in [1.807, 2.05) is 6.26 Å². The second kappa shape index (κ2) is 5.56. The Labute approximate surface area is 134 Å². The fraction of sp³-hybridized carbons (Fsp3) is 0.700. The zero-order valence-corrected chi connectivity index (χ0v) is 14.3. The van der Waals surface area contributed by atoms with E-state index in [4.69, 9.17) is 4.42 Å². The fourth-order valence-electron chi connectivity index (χ4n) is 5.28. The maximum absolute atomic E-state index is 10.8. The average Bonchev–Trinajstić information content (AvgIpc) is 2.99. The van der Waals surface area contributed by atoms with Gasteiger partial charge in [-0.25, -0.2) is 0 Å². The van der Waals surface area contributed by atoms with E-state index < -0.39 is 0 Å². The molecule has 0 unspecified atom stereocenters. The van der Waals surface area contributed by atoms with Gasteiger partial charge in [-0.05, 0) is 67.4 Å². The maximum Gasteiger partial charge on any atom is 0.0934 e. The molecular weight excluding hydrogens is 272 g/mol. The van der Waals surface area contributed by atoms with Crippen LogP contribution in [0.1, 0.15) is 58.4 Å². The Hall–Kier alpha value is -1.02. The summed E-state index contributed by atoms with van der Waals surface area (Å²) in [5.74, 6) is 1.07. The molecule has 2 heteroatoms. The number of hydrogen-bond donors (Lipinski definition) is 1. The molecule has 0 spiro atoms. The molecule has 2 aliphatic carbocycles. The lowest BCUT2D eigenvalue weighted by Crippen LogP contribution is -2.57. The summed E-state index contributed by atoms with van der Waals surface area (Å²) < 4.78 is 5.22. The first-order chi connectivity index (χ1) is 10.4. The van der Waals surface area contributed by atoms with Crippen LogP contribution in [-0.4, -0.2) is 11.2 Å². The van der Waals surface area contributed by atoms with Crippen LogP contribution in [0, 0.1) is 22.7 Å². The molecule has 0 aromatic carbocycles. The van der Waals surface area contributed by atoms with Crippen molar-refractivity contribution in [1.82, 2.24) is 0 Å². The summed E-state index contributed by atoms with van der Waals surface area (Å²) in [6.45, 7) is 11.4. The van der Waals surface area contributed by atoms with Gasteiger partial charge in [0, 0.05) is 5.41 Å². The molecule has 5 atom stereocenters. The smallest absolute Gasteiger partial charge is 0.0934 e. The molecule has 3 rings (SSSR count). The van der Waals surface area contributed by atoms with Crippen LogP contribution >= 0.6 is 0 Å². The van der Waals surface area contributed by atoms with Crippen LogP contribution in [0.2, 0.25) is 0 Å². The largest absolute Gasteiger partial charge is 0.472 e. The quantitative estimate of drug-likeness (QED) is 0.799. The minimum atomic E-state index is -0.234. The van der Waals surface area contributed by atoms with Gasteiger partial charge in [0.25, 0.3) is 0 Å². The first-order valence-corrected chi connectivity index (χ1v) is 8.76. The summed E-state index contributed by atoms with van der Waals surface area (Å²) in [5.41, 5.74) is 2.72. The molecule has 0 aliphatic heterocycles. The fourth-order valence-corrected chi connectivity index (χ4v) is 5.28. The number of aliphatic hydroxyl groups is 1. The minimum absolute atomic E-state index is 0.101. The molecular formula is C20H30O2. The standard InChI is InChI=1S/C20H30O2/c1-14-6-5-7-17-19(3,10-8-16-9-11-22-13-16)15(2)12-18(21)20(14,17)4/h9,11,13,15,17-18,21H,1,5-8,10,12H2,2-4H3/t15-,17-,18+,19+,20+/m1/s1. The normalized spacial score (nSPS) is 42.2. The molecule has 1 heterocycles. The summed E-state index contributed by atoms with van der Waals surface area (Å²) in [6.07, 6.45) is 10.0. The number of furan rings is 1. The Bertz CT molecular complexity index is 532. The summed E-state index contributed by atoms with van der Waals surface area (Å²) >= 11 is 0. The summed E-state index contributed by atoms with van der Waals surface area (Å²) in [6, 6.07) is 2.07. The molecule has 0 bridgehead atoms. The maximum atomic E-state index is 10.8. The third-order valence-electron chi connectivity index (χ3n) is 7.18. The second-order valence-electron chi connectivity index (χ2n) is 8.12. The Kier molecular flexibility index (Phi) is 4.01. The molecule has 22 heavy (non-hydrogen) atoms. The molecule has 2 nitrogen and oxygen atoms in total. The van der Waals surface area contributed by atoms with Crippen molar-refractivity contribution in [1.29, 1.82) is 0 Å². The number of fused-ring (bicyclic) bond motifs is 1. The monoisotopic (exact) mass is 302 g/mol. The van der Waals surface area contributed by atoms with Crippen molar-refractivity contribution in [2.75, 3.05) is 0 Å². The highest BCUT2D eigenvalue weighted by molar-refractivity contribution is 5.22. The van der Waals surface area contributed by atoms with Gasteiger partial charge in [-0.3, -0.25) is 0 Å². The van der Waals surface area contributed by atoms with E-state index in [1.165, 1.54) is 24.0 Å². The predicted octanol–water partition coefficient (Wildman–Crippen LogP) is 4.98. The molecule has 0 amide bonds. The average molecular weight is 302 g/mol. The molecule has 2 aliphatic rings. The number of rotatable bonds is 3. The molecule has 1 aromatic rings. The van der Waals surface area contributed by atoms with Gasteiger partial charge in [0.1, 0.15) is 0 Å². The van der Waals surface area contributed by atoms with E-state index in [2.05, 4.69) is 33.4 Å². The number of aryl methyl sites for hydroxylation is 1. The van der Waals surface area contributed by atoms with Crippen molar-refractivity contribution in [3.8, 4) is 0 Å². The summed E-state index contributed by atoms with van der Waals surface area (Å²) in [4.78, 5) is 0. The summed E-state index contributed by atoms with van der Waals surface area (Å²) in [5, 5.41) is 10.8. The van der Waals surface area contributed by atoms with Crippen molar-refractivity contribution < 1.29 is 9.52 Å². The first kappa shape index (κ1) is 15.9. The van der Waals surface area contributed by atoms with E-state index in [0.29, 0.717) is 11.8 Å². The van der Waals surface area contributed by atoms with E-state index >= 15 is 0 Å². The van der Waals surface area contributed by atoms with Crippen LogP contribution in [0.25, 0.3) is 0 Å². The van der Waals surface area contributed by atoms with E-state index in [1.54, 1.807) is 6.26 Å². The van der Waals surface area contributed by atoms with Gasteiger partial charge < -0.3 is 9.52 Å². The van der Waals surface area contributed by atoms with Gasteiger partial charge in [0.15, 0.2) is 0 Å². The zero-order chi connectivity index (χ0) is 16.0. The van der Waals surface area contributed by atoms with Crippen LogP contribution < -0.4 is 0 Å². The predicted molar refractivity (Wildman–Crippen MR) is 89.5 cm³/mol. The Morgan fingerprint density at radius 2 is 2.18 bits per heavy atom. The van der Waals surface area contributed by atoms with Gasteiger partial charge in [-0.2, -0.15) is 0 Å². The third kappa shape index (κ3) is 2.27. The Morgan fingerprint density at radius 3 is 2.86 bits per heavy atom. The molecule has 0 saturated heterocycles. The number of hydrogen-bond acceptors (Lipinski definition) is 2. The molecule has 2 fully saturated rings. The molecule has 1 N–H and O–H groups in total.